The van der Waals surface area contributed by atoms with Crippen molar-refractivity contribution in [2.75, 3.05) is 5.32 Å². The Kier molecular flexibility index (Phi) is 4.86. The summed E-state index contributed by atoms with van der Waals surface area (Å²) < 4.78 is 1.25. The molecule has 0 aliphatic rings. The topological polar surface area (TPSA) is 91.6 Å². The summed E-state index contributed by atoms with van der Waals surface area (Å²) in [7, 11) is 0. The van der Waals surface area contributed by atoms with Gasteiger partial charge in [-0.1, -0.05) is 37.3 Å². The summed E-state index contributed by atoms with van der Waals surface area (Å²) in [6.07, 6.45) is 0.316. The molecule has 1 aromatic heterocycles. The van der Waals surface area contributed by atoms with Crippen LogP contribution in [-0.4, -0.2) is 26.2 Å². The molecule has 2 aromatic carbocycles. The number of carbonyl (C=O) groups excluding carboxylic acids is 1. The Morgan fingerprint density at radius 3 is 2.58 bits per heavy atom. The van der Waals surface area contributed by atoms with E-state index in [1.165, 1.54) is 16.2 Å². The van der Waals surface area contributed by atoms with Crippen LogP contribution < -0.4 is 5.32 Å². The summed E-state index contributed by atoms with van der Waals surface area (Å²) in [5, 5.41) is 23.1. The quantitative estimate of drug-likeness (QED) is 0.586. The Bertz CT molecular complexity index is 996. The van der Waals surface area contributed by atoms with E-state index in [-0.39, 0.29) is 22.7 Å². The zero-order chi connectivity index (χ0) is 18.8. The maximum atomic E-state index is 12.6. The summed E-state index contributed by atoms with van der Waals surface area (Å²) in [6.45, 7) is 1.72. The van der Waals surface area contributed by atoms with Crippen LogP contribution in [0.15, 0.2) is 48.5 Å². The summed E-state index contributed by atoms with van der Waals surface area (Å²) in [4.78, 5) is 24.0. The number of aliphatic carboxylic acids is 1. The van der Waals surface area contributed by atoms with Gasteiger partial charge in [0.1, 0.15) is 11.4 Å². The Labute approximate surface area is 154 Å². The van der Waals surface area contributed by atoms with Crippen LogP contribution in [0.5, 0.6) is 5.75 Å². The molecule has 1 unspecified atom stereocenters. The molecule has 7 heteroatoms. The molecule has 1 atom stereocenters. The fraction of sp³-hybridized carbons (Fsp3) is 0.158. The number of hydrogen-bond acceptors (Lipinski definition) is 3. The Morgan fingerprint density at radius 2 is 1.92 bits per heavy atom. The van der Waals surface area contributed by atoms with E-state index in [4.69, 9.17) is 11.8 Å². The maximum Gasteiger partial charge on any atom is 0.311 e. The molecule has 0 bridgehead atoms. The molecule has 26 heavy (non-hydrogen) atoms. The smallest absolute Gasteiger partial charge is 0.311 e. The van der Waals surface area contributed by atoms with E-state index in [9.17, 15) is 19.8 Å². The Morgan fingerprint density at radius 1 is 1.19 bits per heavy atom. The van der Waals surface area contributed by atoms with E-state index >= 15 is 0 Å². The van der Waals surface area contributed by atoms with Crippen LogP contribution in [-0.2, 0) is 4.79 Å². The average Bonchev–Trinajstić information content (AvgIpc) is 2.96. The zero-order valence-electron chi connectivity index (χ0n) is 13.9. The third-order valence-corrected chi connectivity index (χ3v) is 4.65. The van der Waals surface area contributed by atoms with Crippen LogP contribution >= 0.6 is 11.8 Å². The standard InChI is InChI=1S/C19H17ClN2O4/c1-2-12(19(25)26)13-7-5-8-14(17(13)23)21-18(24)16-10-11-6-3-4-9-15(11)22(16)20/h3-10,12,23H,2H2,1H3,(H,21,24)(H,25,26). The molecule has 0 aliphatic heterocycles. The number of rotatable bonds is 5. The van der Waals surface area contributed by atoms with Crippen LogP contribution in [0.1, 0.15) is 35.3 Å². The maximum absolute atomic E-state index is 12.6. The highest BCUT2D eigenvalue weighted by atomic mass is 35.5. The number of carboxylic acids is 1. The van der Waals surface area contributed by atoms with E-state index in [1.54, 1.807) is 25.1 Å². The van der Waals surface area contributed by atoms with Gasteiger partial charge in [0.05, 0.1) is 17.1 Å². The normalized spacial score (nSPS) is 12.1. The molecule has 1 heterocycles. The highest BCUT2D eigenvalue weighted by Crippen LogP contribution is 2.35. The van der Waals surface area contributed by atoms with Gasteiger partial charge in [-0.25, -0.2) is 4.09 Å². The summed E-state index contributed by atoms with van der Waals surface area (Å²) in [5.74, 6) is -2.65. The van der Waals surface area contributed by atoms with Crippen molar-refractivity contribution in [3.8, 4) is 5.75 Å². The van der Waals surface area contributed by atoms with Crippen molar-refractivity contribution in [2.45, 2.75) is 19.3 Å². The van der Waals surface area contributed by atoms with Gasteiger partial charge in [0.15, 0.2) is 0 Å². The number of nitrogens with zero attached hydrogens (tertiary/aromatic N) is 1. The van der Waals surface area contributed by atoms with Crippen molar-refractivity contribution >= 4 is 40.2 Å². The third kappa shape index (κ3) is 3.11. The first-order chi connectivity index (χ1) is 12.4. The fourth-order valence-electron chi connectivity index (χ4n) is 2.93. The number of aromatic hydroxyl groups is 1. The van der Waals surface area contributed by atoms with Gasteiger partial charge in [-0.05, 0) is 24.6 Å². The summed E-state index contributed by atoms with van der Waals surface area (Å²) in [6, 6.07) is 13.6. The molecular formula is C19H17ClN2O4. The van der Waals surface area contributed by atoms with Gasteiger partial charge in [-0.2, -0.15) is 0 Å². The van der Waals surface area contributed by atoms with Gasteiger partial charge >= 0.3 is 5.97 Å². The predicted octanol–water partition coefficient (Wildman–Crippen LogP) is 4.18. The molecule has 3 N–H and O–H groups in total. The molecule has 134 valence electrons. The number of halogens is 1. The van der Waals surface area contributed by atoms with Crippen LogP contribution in [0.25, 0.3) is 10.9 Å². The number of aromatic nitrogens is 1. The molecule has 0 aliphatic carbocycles. The Balaban J connectivity index is 1.94. The second-order valence-corrected chi connectivity index (χ2v) is 6.20. The number of amides is 1. The van der Waals surface area contributed by atoms with Gasteiger partial charge in [0, 0.05) is 22.7 Å². The molecule has 1 amide bonds. The molecule has 3 aromatic rings. The SMILES string of the molecule is CCC(C(=O)O)c1cccc(NC(=O)c2cc3ccccc3n2Cl)c1O. The van der Waals surface area contributed by atoms with Gasteiger partial charge in [0.25, 0.3) is 5.91 Å². The number of phenols is 1. The molecular weight excluding hydrogens is 356 g/mol. The monoisotopic (exact) mass is 372 g/mol. The van der Waals surface area contributed by atoms with E-state index in [0.29, 0.717) is 11.9 Å². The van der Waals surface area contributed by atoms with Crippen LogP contribution in [0.4, 0.5) is 5.69 Å². The second kappa shape index (κ2) is 7.09. The number of fused-ring (bicyclic) bond motifs is 1. The average molecular weight is 373 g/mol. The molecule has 3 rings (SSSR count). The number of phenolic OH excluding ortho intramolecular Hbond substituents is 1. The van der Waals surface area contributed by atoms with Gasteiger partial charge in [-0.3, -0.25) is 9.59 Å². The first-order valence-electron chi connectivity index (χ1n) is 8.06. The molecule has 0 radical (unpaired) electrons. The zero-order valence-corrected chi connectivity index (χ0v) is 14.7. The predicted molar refractivity (Wildman–Crippen MR) is 99.9 cm³/mol. The van der Waals surface area contributed by atoms with Crippen molar-refractivity contribution < 1.29 is 19.8 Å². The van der Waals surface area contributed by atoms with E-state index < -0.39 is 17.8 Å². The molecule has 0 saturated heterocycles. The second-order valence-electron chi connectivity index (χ2n) is 5.87. The lowest BCUT2D eigenvalue weighted by Crippen LogP contribution is -2.16. The van der Waals surface area contributed by atoms with Crippen molar-refractivity contribution in [3.05, 3.63) is 59.8 Å². The van der Waals surface area contributed by atoms with Crippen LogP contribution in [0.2, 0.25) is 0 Å². The van der Waals surface area contributed by atoms with Crippen LogP contribution in [0.3, 0.4) is 0 Å². The number of carbonyl (C=O) groups is 2. The third-order valence-electron chi connectivity index (χ3n) is 4.28. The minimum absolute atomic E-state index is 0.133. The number of carboxylic acid groups (broad SMARTS) is 1. The molecule has 6 nitrogen and oxygen atoms in total. The fourth-order valence-corrected chi connectivity index (χ4v) is 3.21. The number of para-hydroxylation sites is 2. The van der Waals surface area contributed by atoms with E-state index in [2.05, 4.69) is 5.32 Å². The summed E-state index contributed by atoms with van der Waals surface area (Å²) >= 11 is 6.22. The van der Waals surface area contributed by atoms with Crippen molar-refractivity contribution in [1.82, 2.24) is 4.09 Å². The largest absolute Gasteiger partial charge is 0.505 e. The molecule has 0 saturated carbocycles. The Hall–Kier alpha value is -2.99. The number of benzene rings is 2. The van der Waals surface area contributed by atoms with E-state index in [1.807, 2.05) is 18.2 Å². The lowest BCUT2D eigenvalue weighted by molar-refractivity contribution is -0.138. The minimum Gasteiger partial charge on any atom is -0.505 e. The van der Waals surface area contributed by atoms with E-state index in [0.717, 1.165) is 5.39 Å². The molecule has 0 spiro atoms. The highest BCUT2D eigenvalue weighted by molar-refractivity contribution is 6.23. The van der Waals surface area contributed by atoms with Crippen molar-refractivity contribution in [1.29, 1.82) is 0 Å². The minimum atomic E-state index is -1.04. The molecule has 0 fully saturated rings. The summed E-state index contributed by atoms with van der Waals surface area (Å²) in [5.41, 5.74) is 1.29. The van der Waals surface area contributed by atoms with Crippen LogP contribution in [0, 0.1) is 0 Å². The number of nitrogens with one attached hydrogen (secondary N) is 1. The number of anilines is 1. The van der Waals surface area contributed by atoms with Gasteiger partial charge < -0.3 is 15.5 Å². The van der Waals surface area contributed by atoms with Crippen molar-refractivity contribution in [3.63, 3.8) is 0 Å². The number of hydrogen-bond donors (Lipinski definition) is 3. The van der Waals surface area contributed by atoms with Gasteiger partial charge in [0.2, 0.25) is 0 Å². The first kappa shape index (κ1) is 17.8. The van der Waals surface area contributed by atoms with Crippen molar-refractivity contribution in [2.24, 2.45) is 0 Å². The van der Waals surface area contributed by atoms with Gasteiger partial charge in [-0.15, -0.1) is 0 Å². The highest BCUT2D eigenvalue weighted by Gasteiger charge is 2.23. The first-order valence-corrected chi connectivity index (χ1v) is 8.40. The lowest BCUT2D eigenvalue weighted by atomic mass is 9.95. The lowest BCUT2D eigenvalue weighted by Gasteiger charge is -2.15.